The topological polar surface area (TPSA) is 29.1 Å². The zero-order valence-corrected chi connectivity index (χ0v) is 10.1. The van der Waals surface area contributed by atoms with Crippen molar-refractivity contribution in [1.82, 2.24) is 5.32 Å². The van der Waals surface area contributed by atoms with E-state index in [1.807, 2.05) is 20.9 Å². The van der Waals surface area contributed by atoms with Gasteiger partial charge in [0.1, 0.15) is 0 Å². The van der Waals surface area contributed by atoms with E-state index in [2.05, 4.69) is 12.2 Å². The van der Waals surface area contributed by atoms with Gasteiger partial charge in [0.15, 0.2) is 0 Å². The molecule has 13 heavy (non-hydrogen) atoms. The van der Waals surface area contributed by atoms with Crippen LogP contribution in [0.15, 0.2) is 0 Å². The van der Waals surface area contributed by atoms with E-state index in [-0.39, 0.29) is 0 Å². The van der Waals surface area contributed by atoms with Gasteiger partial charge in [-0.15, -0.1) is 0 Å². The molecule has 2 unspecified atom stereocenters. The first-order chi connectivity index (χ1) is 6.11. The molecule has 80 valence electrons. The van der Waals surface area contributed by atoms with Gasteiger partial charge in [-0.25, -0.2) is 0 Å². The van der Waals surface area contributed by atoms with Crippen LogP contribution in [0.2, 0.25) is 0 Å². The third-order valence-corrected chi connectivity index (χ3v) is 4.07. The lowest BCUT2D eigenvalue weighted by atomic mass is 10.1. The van der Waals surface area contributed by atoms with Crippen LogP contribution in [0.1, 0.15) is 40.0 Å². The molecule has 0 amide bonds. The maximum atomic E-state index is 11.4. The van der Waals surface area contributed by atoms with E-state index >= 15 is 0 Å². The lowest BCUT2D eigenvalue weighted by Crippen LogP contribution is -2.24. The van der Waals surface area contributed by atoms with Crippen LogP contribution in [0.4, 0.5) is 0 Å². The number of rotatable bonds is 7. The van der Waals surface area contributed by atoms with E-state index in [9.17, 15) is 4.21 Å². The Hall–Kier alpha value is 0.110. The Labute approximate surface area is 84.9 Å². The van der Waals surface area contributed by atoms with Crippen LogP contribution in [0.3, 0.4) is 0 Å². The fourth-order valence-electron chi connectivity index (χ4n) is 1.26. The van der Waals surface area contributed by atoms with Crippen LogP contribution in [0.25, 0.3) is 0 Å². The third-order valence-electron chi connectivity index (χ3n) is 2.32. The van der Waals surface area contributed by atoms with Gasteiger partial charge in [-0.05, 0) is 26.3 Å². The summed E-state index contributed by atoms with van der Waals surface area (Å²) in [5, 5.41) is 3.57. The molecule has 0 aromatic heterocycles. The first-order valence-electron chi connectivity index (χ1n) is 5.16. The highest BCUT2D eigenvalue weighted by molar-refractivity contribution is 7.85. The molecular weight excluding hydrogens is 182 g/mol. The Kier molecular flexibility index (Phi) is 7.57. The number of nitrogens with one attached hydrogen (secondary N) is 1. The molecule has 0 rings (SSSR count). The predicted octanol–water partition coefficient (Wildman–Crippen LogP) is 1.92. The molecule has 0 aliphatic heterocycles. The van der Waals surface area contributed by atoms with Crippen LogP contribution < -0.4 is 5.32 Å². The minimum atomic E-state index is -0.620. The Balaban J connectivity index is 3.49. The molecule has 0 heterocycles. The van der Waals surface area contributed by atoms with E-state index in [4.69, 9.17) is 0 Å². The van der Waals surface area contributed by atoms with E-state index < -0.39 is 10.8 Å². The molecule has 0 aromatic carbocycles. The molecular formula is C10H23NOS. The van der Waals surface area contributed by atoms with Crippen molar-refractivity contribution in [3.8, 4) is 0 Å². The average molecular weight is 205 g/mol. The van der Waals surface area contributed by atoms with Crippen LogP contribution in [-0.4, -0.2) is 28.3 Å². The summed E-state index contributed by atoms with van der Waals surface area (Å²) in [4.78, 5) is 0. The van der Waals surface area contributed by atoms with Gasteiger partial charge in [-0.1, -0.05) is 20.8 Å². The summed E-state index contributed by atoms with van der Waals surface area (Å²) in [7, 11) is 1.37. The van der Waals surface area contributed by atoms with Crippen LogP contribution in [0.5, 0.6) is 0 Å². The maximum absolute atomic E-state index is 11.4. The summed E-state index contributed by atoms with van der Waals surface area (Å²) >= 11 is 0. The Morgan fingerprint density at radius 2 is 2.00 bits per heavy atom. The second-order valence-electron chi connectivity index (χ2n) is 3.67. The molecule has 2 nitrogen and oxygen atoms in total. The van der Waals surface area contributed by atoms with Crippen molar-refractivity contribution >= 4 is 10.8 Å². The van der Waals surface area contributed by atoms with Gasteiger partial charge in [-0.3, -0.25) is 4.21 Å². The standard InChI is InChI=1S/C10H23NOS/c1-5-10(11-4)7-6-8-13(12)9(2)3/h9-11H,5-8H2,1-4H3. The van der Waals surface area contributed by atoms with Gasteiger partial charge in [0.25, 0.3) is 0 Å². The molecule has 0 aliphatic rings. The minimum Gasteiger partial charge on any atom is -0.317 e. The Morgan fingerprint density at radius 1 is 1.38 bits per heavy atom. The average Bonchev–Trinajstić information content (AvgIpc) is 2.12. The molecule has 2 atom stereocenters. The molecule has 0 saturated heterocycles. The predicted molar refractivity (Wildman–Crippen MR) is 60.5 cm³/mol. The van der Waals surface area contributed by atoms with E-state index in [1.165, 1.54) is 0 Å². The van der Waals surface area contributed by atoms with Gasteiger partial charge in [0.2, 0.25) is 0 Å². The maximum Gasteiger partial charge on any atom is 0.0291 e. The van der Waals surface area contributed by atoms with Gasteiger partial charge < -0.3 is 5.32 Å². The molecule has 0 aromatic rings. The third kappa shape index (κ3) is 6.22. The second kappa shape index (κ2) is 7.51. The zero-order valence-electron chi connectivity index (χ0n) is 9.30. The molecule has 0 radical (unpaired) electrons. The number of hydrogen-bond donors (Lipinski definition) is 1. The van der Waals surface area contributed by atoms with E-state index in [0.29, 0.717) is 11.3 Å². The first-order valence-corrected chi connectivity index (χ1v) is 6.54. The lowest BCUT2D eigenvalue weighted by Gasteiger charge is -2.13. The van der Waals surface area contributed by atoms with Gasteiger partial charge in [0, 0.05) is 27.8 Å². The van der Waals surface area contributed by atoms with Crippen LogP contribution in [-0.2, 0) is 10.8 Å². The smallest absolute Gasteiger partial charge is 0.0291 e. The van der Waals surface area contributed by atoms with Crippen molar-refractivity contribution in [3.05, 3.63) is 0 Å². The highest BCUT2D eigenvalue weighted by Gasteiger charge is 2.07. The summed E-state index contributed by atoms with van der Waals surface area (Å²) in [6, 6.07) is 0.601. The molecule has 0 bridgehead atoms. The van der Waals surface area contributed by atoms with E-state index in [0.717, 1.165) is 25.0 Å². The van der Waals surface area contributed by atoms with Crippen molar-refractivity contribution in [3.63, 3.8) is 0 Å². The molecule has 0 fully saturated rings. The summed E-state index contributed by atoms with van der Waals surface area (Å²) < 4.78 is 11.4. The molecule has 1 N–H and O–H groups in total. The van der Waals surface area contributed by atoms with Gasteiger partial charge >= 0.3 is 0 Å². The highest BCUT2D eigenvalue weighted by atomic mass is 32.2. The fraction of sp³-hybridized carbons (Fsp3) is 1.00. The fourth-order valence-corrected chi connectivity index (χ4v) is 2.18. The highest BCUT2D eigenvalue weighted by Crippen LogP contribution is 2.04. The number of hydrogen-bond acceptors (Lipinski definition) is 2. The van der Waals surface area contributed by atoms with Crippen molar-refractivity contribution in [1.29, 1.82) is 0 Å². The normalized spacial score (nSPS) is 16.1. The summed E-state index contributed by atoms with van der Waals surface area (Å²) in [5.74, 6) is 0.857. The van der Waals surface area contributed by atoms with Crippen molar-refractivity contribution in [2.45, 2.75) is 51.3 Å². The molecule has 3 heteroatoms. The summed E-state index contributed by atoms with van der Waals surface area (Å²) in [5.41, 5.74) is 0. The van der Waals surface area contributed by atoms with Gasteiger partial charge in [0.05, 0.1) is 0 Å². The Bertz CT molecular complexity index is 144. The minimum absolute atomic E-state index is 0.315. The van der Waals surface area contributed by atoms with Crippen LogP contribution in [0, 0.1) is 0 Å². The van der Waals surface area contributed by atoms with Crippen LogP contribution >= 0.6 is 0 Å². The lowest BCUT2D eigenvalue weighted by molar-refractivity contribution is 0.503. The van der Waals surface area contributed by atoms with Crippen molar-refractivity contribution < 1.29 is 4.21 Å². The molecule has 0 saturated carbocycles. The second-order valence-corrected chi connectivity index (χ2v) is 5.78. The Morgan fingerprint density at radius 3 is 2.38 bits per heavy atom. The first kappa shape index (κ1) is 13.1. The SMILES string of the molecule is CCC(CCCS(=O)C(C)C)NC. The zero-order chi connectivity index (χ0) is 10.3. The quantitative estimate of drug-likeness (QED) is 0.688. The van der Waals surface area contributed by atoms with Crippen molar-refractivity contribution in [2.75, 3.05) is 12.8 Å². The van der Waals surface area contributed by atoms with E-state index in [1.54, 1.807) is 0 Å². The molecule has 0 aliphatic carbocycles. The summed E-state index contributed by atoms with van der Waals surface area (Å²) in [6.07, 6.45) is 3.38. The monoisotopic (exact) mass is 205 g/mol. The summed E-state index contributed by atoms with van der Waals surface area (Å²) in [6.45, 7) is 6.22. The van der Waals surface area contributed by atoms with Gasteiger partial charge in [-0.2, -0.15) is 0 Å². The largest absolute Gasteiger partial charge is 0.317 e. The van der Waals surface area contributed by atoms with Crippen molar-refractivity contribution in [2.24, 2.45) is 0 Å². The molecule has 0 spiro atoms.